The predicted molar refractivity (Wildman–Crippen MR) is 71.1 cm³/mol. The highest BCUT2D eigenvalue weighted by Gasteiger charge is 2.26. The van der Waals surface area contributed by atoms with Crippen LogP contribution < -0.4 is 5.32 Å². The van der Waals surface area contributed by atoms with Gasteiger partial charge in [0.25, 0.3) is 0 Å². The van der Waals surface area contributed by atoms with E-state index in [2.05, 4.69) is 29.4 Å². The van der Waals surface area contributed by atoms with Crippen molar-refractivity contribution in [3.8, 4) is 0 Å². The molecule has 1 unspecified atom stereocenters. The maximum atomic E-state index is 11.6. The summed E-state index contributed by atoms with van der Waals surface area (Å²) in [5.41, 5.74) is 3.60. The first-order valence-corrected chi connectivity index (χ1v) is 6.76. The van der Waals surface area contributed by atoms with Gasteiger partial charge in [0.1, 0.15) is 0 Å². The first kappa shape index (κ1) is 10.7. The van der Waals surface area contributed by atoms with Crippen LogP contribution in [0, 0.1) is 6.92 Å². The number of thioether (sulfide) groups is 1. The van der Waals surface area contributed by atoms with E-state index in [1.807, 2.05) is 12.1 Å². The number of aromatic amines is 1. The highest BCUT2D eigenvalue weighted by molar-refractivity contribution is 8.01. The molecule has 1 aliphatic rings. The van der Waals surface area contributed by atoms with Gasteiger partial charge in [-0.3, -0.25) is 4.79 Å². The van der Waals surface area contributed by atoms with E-state index in [4.69, 9.17) is 0 Å². The van der Waals surface area contributed by atoms with Crippen molar-refractivity contribution < 1.29 is 4.79 Å². The van der Waals surface area contributed by atoms with Gasteiger partial charge in [-0.05, 0) is 25.0 Å². The van der Waals surface area contributed by atoms with Gasteiger partial charge in [-0.2, -0.15) is 0 Å². The molecule has 0 aliphatic carbocycles. The minimum atomic E-state index is 0.0629. The summed E-state index contributed by atoms with van der Waals surface area (Å²) in [4.78, 5) is 15.0. The van der Waals surface area contributed by atoms with E-state index in [9.17, 15) is 4.79 Å². The second kappa shape index (κ2) is 4.11. The van der Waals surface area contributed by atoms with E-state index < -0.39 is 0 Å². The predicted octanol–water partition coefficient (Wildman–Crippen LogP) is 2.21. The Hall–Kier alpha value is -1.42. The average Bonchev–Trinajstić information content (AvgIpc) is 2.85. The molecule has 0 spiro atoms. The number of amides is 1. The van der Waals surface area contributed by atoms with Gasteiger partial charge >= 0.3 is 0 Å². The molecule has 1 saturated heterocycles. The molecule has 0 bridgehead atoms. The Kier molecular flexibility index (Phi) is 2.59. The SMILES string of the molecule is Cc1[nH]c2ccccc2c1CC1SCNC1=O. The van der Waals surface area contributed by atoms with Crippen LogP contribution in [-0.2, 0) is 11.2 Å². The summed E-state index contributed by atoms with van der Waals surface area (Å²) in [5, 5.41) is 4.17. The van der Waals surface area contributed by atoms with E-state index in [0.29, 0.717) is 0 Å². The fraction of sp³-hybridized carbons (Fsp3) is 0.308. The Labute approximate surface area is 104 Å². The standard InChI is InChI=1S/C13H14N2OS/c1-8-10(6-12-13(16)14-7-17-12)9-4-2-3-5-11(9)15-8/h2-5,12,15H,6-7H2,1H3,(H,14,16). The molecule has 0 radical (unpaired) electrons. The molecule has 1 aromatic carbocycles. The van der Waals surface area contributed by atoms with Crippen molar-refractivity contribution in [3.05, 3.63) is 35.5 Å². The summed E-state index contributed by atoms with van der Waals surface area (Å²) >= 11 is 1.69. The number of hydrogen-bond acceptors (Lipinski definition) is 2. The van der Waals surface area contributed by atoms with Crippen molar-refractivity contribution in [2.24, 2.45) is 0 Å². The van der Waals surface area contributed by atoms with E-state index in [-0.39, 0.29) is 11.2 Å². The van der Waals surface area contributed by atoms with Gasteiger partial charge in [-0.25, -0.2) is 0 Å². The summed E-state index contributed by atoms with van der Waals surface area (Å²) in [6.07, 6.45) is 0.812. The molecule has 1 amide bonds. The number of hydrogen-bond donors (Lipinski definition) is 2. The van der Waals surface area contributed by atoms with E-state index >= 15 is 0 Å². The number of benzene rings is 1. The van der Waals surface area contributed by atoms with Gasteiger partial charge in [-0.15, -0.1) is 11.8 Å². The van der Waals surface area contributed by atoms with Crippen LogP contribution in [0.4, 0.5) is 0 Å². The number of fused-ring (bicyclic) bond motifs is 1. The van der Waals surface area contributed by atoms with Gasteiger partial charge < -0.3 is 10.3 Å². The molecule has 3 nitrogen and oxygen atoms in total. The van der Waals surface area contributed by atoms with E-state index in [0.717, 1.165) is 17.8 Å². The molecule has 17 heavy (non-hydrogen) atoms. The maximum absolute atomic E-state index is 11.6. The second-order valence-electron chi connectivity index (χ2n) is 4.32. The lowest BCUT2D eigenvalue weighted by atomic mass is 10.1. The van der Waals surface area contributed by atoms with E-state index in [1.54, 1.807) is 11.8 Å². The molecular weight excluding hydrogens is 232 g/mol. The summed E-state index contributed by atoms with van der Waals surface area (Å²) in [5.74, 6) is 0.907. The van der Waals surface area contributed by atoms with Crippen molar-refractivity contribution in [1.82, 2.24) is 10.3 Å². The van der Waals surface area contributed by atoms with Crippen LogP contribution in [0.2, 0.25) is 0 Å². The number of para-hydroxylation sites is 1. The number of H-pyrrole nitrogens is 1. The van der Waals surface area contributed by atoms with Crippen LogP contribution >= 0.6 is 11.8 Å². The molecule has 0 saturated carbocycles. The van der Waals surface area contributed by atoms with E-state index in [1.165, 1.54) is 16.6 Å². The molecule has 1 aromatic heterocycles. The normalized spacial score (nSPS) is 19.8. The third-order valence-corrected chi connectivity index (χ3v) is 4.33. The number of aryl methyl sites for hydroxylation is 1. The lowest BCUT2D eigenvalue weighted by Gasteiger charge is -2.06. The van der Waals surface area contributed by atoms with Gasteiger partial charge in [0.05, 0.1) is 11.1 Å². The largest absolute Gasteiger partial charge is 0.358 e. The Morgan fingerprint density at radius 2 is 2.24 bits per heavy atom. The quantitative estimate of drug-likeness (QED) is 0.853. The zero-order valence-corrected chi connectivity index (χ0v) is 10.4. The fourth-order valence-electron chi connectivity index (χ4n) is 2.34. The smallest absolute Gasteiger partial charge is 0.234 e. The number of nitrogens with one attached hydrogen (secondary N) is 2. The summed E-state index contributed by atoms with van der Waals surface area (Å²) in [7, 11) is 0. The highest BCUT2D eigenvalue weighted by Crippen LogP contribution is 2.27. The zero-order chi connectivity index (χ0) is 11.8. The number of carbonyl (C=O) groups excluding carboxylic acids is 1. The van der Waals surface area contributed by atoms with Crippen molar-refractivity contribution in [2.75, 3.05) is 5.88 Å². The fourth-order valence-corrected chi connectivity index (χ4v) is 3.28. The lowest BCUT2D eigenvalue weighted by molar-refractivity contribution is -0.119. The van der Waals surface area contributed by atoms with Gasteiger partial charge in [0.2, 0.25) is 5.91 Å². The van der Waals surface area contributed by atoms with Crippen LogP contribution in [0.15, 0.2) is 24.3 Å². The third kappa shape index (κ3) is 1.82. The average molecular weight is 246 g/mol. The molecule has 4 heteroatoms. The first-order valence-electron chi connectivity index (χ1n) is 5.71. The van der Waals surface area contributed by atoms with Crippen LogP contribution in [0.25, 0.3) is 10.9 Å². The number of carbonyl (C=O) groups is 1. The number of aromatic nitrogens is 1. The van der Waals surface area contributed by atoms with Gasteiger partial charge in [0.15, 0.2) is 0 Å². The molecule has 2 N–H and O–H groups in total. The molecule has 1 fully saturated rings. The van der Waals surface area contributed by atoms with Crippen LogP contribution in [0.3, 0.4) is 0 Å². The van der Waals surface area contributed by atoms with Crippen LogP contribution in [0.5, 0.6) is 0 Å². The van der Waals surface area contributed by atoms with Crippen LogP contribution in [0.1, 0.15) is 11.3 Å². The minimum Gasteiger partial charge on any atom is -0.358 e. The summed E-state index contributed by atoms with van der Waals surface area (Å²) in [6, 6.07) is 8.26. The molecule has 3 rings (SSSR count). The van der Waals surface area contributed by atoms with Crippen molar-refractivity contribution in [1.29, 1.82) is 0 Å². The molecular formula is C13H14N2OS. The van der Waals surface area contributed by atoms with Gasteiger partial charge in [-0.1, -0.05) is 18.2 Å². The zero-order valence-electron chi connectivity index (χ0n) is 9.62. The van der Waals surface area contributed by atoms with Crippen LogP contribution in [-0.4, -0.2) is 22.0 Å². The monoisotopic (exact) mass is 246 g/mol. The highest BCUT2D eigenvalue weighted by atomic mass is 32.2. The maximum Gasteiger partial charge on any atom is 0.234 e. The Balaban J connectivity index is 1.99. The summed E-state index contributed by atoms with van der Waals surface area (Å²) < 4.78 is 0. The van der Waals surface area contributed by atoms with Crippen molar-refractivity contribution in [2.45, 2.75) is 18.6 Å². The molecule has 1 atom stereocenters. The molecule has 88 valence electrons. The Bertz CT molecular complexity index is 576. The first-order chi connectivity index (χ1) is 8.25. The van der Waals surface area contributed by atoms with Crippen molar-refractivity contribution in [3.63, 3.8) is 0 Å². The number of rotatable bonds is 2. The molecule has 2 aromatic rings. The Morgan fingerprint density at radius 3 is 3.00 bits per heavy atom. The van der Waals surface area contributed by atoms with Gasteiger partial charge in [0, 0.05) is 16.6 Å². The molecule has 1 aliphatic heterocycles. The third-order valence-electron chi connectivity index (χ3n) is 3.24. The second-order valence-corrected chi connectivity index (χ2v) is 5.51. The Morgan fingerprint density at radius 1 is 1.41 bits per heavy atom. The molecule has 2 heterocycles. The van der Waals surface area contributed by atoms with Crippen molar-refractivity contribution >= 4 is 28.6 Å². The summed E-state index contributed by atoms with van der Waals surface area (Å²) in [6.45, 7) is 2.08. The topological polar surface area (TPSA) is 44.9 Å². The minimum absolute atomic E-state index is 0.0629. The lowest BCUT2D eigenvalue weighted by Crippen LogP contribution is -2.24.